The Morgan fingerprint density at radius 2 is 2.05 bits per heavy atom. The first kappa shape index (κ1) is 15.0. The second-order valence-electron chi connectivity index (χ2n) is 4.07. The number of nitrogens with one attached hydrogen (secondary N) is 1. The Labute approximate surface area is 124 Å². The van der Waals surface area contributed by atoms with Crippen LogP contribution in [0, 0.1) is 19.7 Å². The number of benzene rings is 1. The lowest BCUT2D eigenvalue weighted by molar-refractivity contribution is 0.573. The van der Waals surface area contributed by atoms with Crippen molar-refractivity contribution >= 4 is 43.8 Å². The Morgan fingerprint density at radius 1 is 1.40 bits per heavy atom. The van der Waals surface area contributed by atoms with Crippen molar-refractivity contribution in [2.24, 2.45) is 0 Å². The average Bonchev–Trinajstić information content (AvgIpc) is 2.61. The van der Waals surface area contributed by atoms with E-state index in [0.717, 1.165) is 28.3 Å². The van der Waals surface area contributed by atoms with Crippen LogP contribution in [0.1, 0.15) is 10.6 Å². The van der Waals surface area contributed by atoms with E-state index in [1.807, 2.05) is 6.92 Å². The smallest absolute Gasteiger partial charge is 0.266 e. The summed E-state index contributed by atoms with van der Waals surface area (Å²) in [7, 11) is -4.13. The molecular formula is C11H11ClFN3O2S2. The number of hydrogen-bond donors (Lipinski definition) is 2. The van der Waals surface area contributed by atoms with Gasteiger partial charge in [-0.15, -0.1) is 11.3 Å². The molecule has 2 aromatic rings. The molecule has 2 rings (SSSR count). The normalized spacial score (nSPS) is 11.6. The zero-order valence-electron chi connectivity index (χ0n) is 10.6. The first-order valence-electron chi connectivity index (χ1n) is 5.42. The lowest BCUT2D eigenvalue weighted by Crippen LogP contribution is -2.15. The summed E-state index contributed by atoms with van der Waals surface area (Å²) in [4.78, 5) is 4.30. The van der Waals surface area contributed by atoms with Crippen LogP contribution in [-0.2, 0) is 10.0 Å². The largest absolute Gasteiger partial charge is 0.396 e. The molecule has 0 saturated heterocycles. The molecule has 108 valence electrons. The number of thiazole rings is 1. The highest BCUT2D eigenvalue weighted by molar-refractivity contribution is 7.93. The van der Waals surface area contributed by atoms with Gasteiger partial charge in [-0.25, -0.2) is 17.8 Å². The first-order valence-corrected chi connectivity index (χ1v) is 8.10. The Morgan fingerprint density at radius 3 is 2.60 bits per heavy atom. The molecule has 0 bridgehead atoms. The van der Waals surface area contributed by atoms with E-state index in [2.05, 4.69) is 9.71 Å². The second kappa shape index (κ2) is 5.19. The molecule has 1 aromatic heterocycles. The van der Waals surface area contributed by atoms with Gasteiger partial charge in [0.05, 0.1) is 11.4 Å². The molecule has 0 amide bonds. The summed E-state index contributed by atoms with van der Waals surface area (Å²) < 4.78 is 40.4. The maximum absolute atomic E-state index is 13.8. The number of aromatic nitrogens is 1. The maximum atomic E-state index is 13.8. The molecule has 9 heteroatoms. The summed E-state index contributed by atoms with van der Waals surface area (Å²) in [6.45, 7) is 3.56. The minimum atomic E-state index is -4.13. The number of halogens is 2. The van der Waals surface area contributed by atoms with Crippen molar-refractivity contribution in [2.75, 3.05) is 10.5 Å². The summed E-state index contributed by atoms with van der Waals surface area (Å²) in [5.74, 6) is -1.04. The predicted octanol–water partition coefficient (Wildman–Crippen LogP) is 2.94. The van der Waals surface area contributed by atoms with Crippen LogP contribution in [0.2, 0.25) is 5.02 Å². The summed E-state index contributed by atoms with van der Waals surface area (Å²) >= 11 is 6.87. The minimum Gasteiger partial charge on any atom is -0.396 e. The molecule has 1 heterocycles. The third-order valence-electron chi connectivity index (χ3n) is 2.57. The number of anilines is 2. The summed E-state index contributed by atoms with van der Waals surface area (Å²) in [6, 6.07) is 2.15. The third-order valence-corrected chi connectivity index (χ3v) is 5.25. The number of nitrogens with zero attached hydrogens (tertiary/aromatic N) is 1. The number of aryl methyl sites for hydroxylation is 2. The SMILES string of the molecule is Cc1nc(NS(=O)(=O)c2cc(Cl)cc(N)c2F)sc1C. The fourth-order valence-corrected chi connectivity index (χ4v) is 3.94. The zero-order chi connectivity index (χ0) is 15.1. The molecule has 0 radical (unpaired) electrons. The number of hydrogen-bond acceptors (Lipinski definition) is 5. The summed E-state index contributed by atoms with van der Waals surface area (Å²) in [6.07, 6.45) is 0. The minimum absolute atomic E-state index is 0.0378. The van der Waals surface area contributed by atoms with E-state index in [4.69, 9.17) is 17.3 Å². The Kier molecular flexibility index (Phi) is 3.90. The predicted molar refractivity (Wildman–Crippen MR) is 78.2 cm³/mol. The zero-order valence-corrected chi connectivity index (χ0v) is 13.0. The Bertz CT molecular complexity index is 755. The standard InChI is InChI=1S/C11H11ClFN3O2S2/c1-5-6(2)19-11(15-5)16-20(17,18)9-4-7(12)3-8(14)10(9)13/h3-4H,14H2,1-2H3,(H,15,16). The first-order chi connectivity index (χ1) is 9.20. The van der Waals surface area contributed by atoms with Crippen molar-refractivity contribution in [1.29, 1.82) is 0 Å². The van der Waals surface area contributed by atoms with Gasteiger partial charge < -0.3 is 5.73 Å². The van der Waals surface area contributed by atoms with E-state index in [1.165, 1.54) is 0 Å². The van der Waals surface area contributed by atoms with Crippen LogP contribution >= 0.6 is 22.9 Å². The number of sulfonamides is 1. The molecule has 0 aliphatic heterocycles. The van der Waals surface area contributed by atoms with Crippen molar-refractivity contribution < 1.29 is 12.8 Å². The molecule has 20 heavy (non-hydrogen) atoms. The summed E-state index contributed by atoms with van der Waals surface area (Å²) in [5.41, 5.74) is 5.75. The summed E-state index contributed by atoms with van der Waals surface area (Å²) in [5, 5.41) is 0.203. The lowest BCUT2D eigenvalue weighted by atomic mass is 10.3. The van der Waals surface area contributed by atoms with E-state index in [0.29, 0.717) is 5.69 Å². The fourth-order valence-electron chi connectivity index (χ4n) is 1.47. The van der Waals surface area contributed by atoms with E-state index in [-0.39, 0.29) is 15.8 Å². The van der Waals surface area contributed by atoms with Crippen LogP contribution in [0.3, 0.4) is 0 Å². The number of nitrogen functional groups attached to an aromatic ring is 1. The lowest BCUT2D eigenvalue weighted by Gasteiger charge is -2.08. The van der Waals surface area contributed by atoms with Crippen LogP contribution in [0.5, 0.6) is 0 Å². The Hall–Kier alpha value is -1.38. The van der Waals surface area contributed by atoms with Gasteiger partial charge in [0, 0.05) is 9.90 Å². The molecule has 0 saturated carbocycles. The van der Waals surface area contributed by atoms with E-state index < -0.39 is 20.7 Å². The van der Waals surface area contributed by atoms with Crippen LogP contribution in [0.15, 0.2) is 17.0 Å². The highest BCUT2D eigenvalue weighted by Crippen LogP contribution is 2.28. The molecule has 0 fully saturated rings. The fraction of sp³-hybridized carbons (Fsp3) is 0.182. The second-order valence-corrected chi connectivity index (χ2v) is 7.36. The van der Waals surface area contributed by atoms with Crippen molar-refractivity contribution in [2.45, 2.75) is 18.7 Å². The molecular weight excluding hydrogens is 325 g/mol. The molecule has 0 atom stereocenters. The van der Waals surface area contributed by atoms with E-state index in [9.17, 15) is 12.8 Å². The van der Waals surface area contributed by atoms with Crippen molar-refractivity contribution in [3.05, 3.63) is 33.5 Å². The highest BCUT2D eigenvalue weighted by atomic mass is 35.5. The molecule has 0 aliphatic carbocycles. The van der Waals surface area contributed by atoms with Gasteiger partial charge in [0.25, 0.3) is 10.0 Å². The quantitative estimate of drug-likeness (QED) is 0.844. The van der Waals surface area contributed by atoms with Gasteiger partial charge in [0.2, 0.25) is 0 Å². The highest BCUT2D eigenvalue weighted by Gasteiger charge is 2.23. The number of rotatable bonds is 3. The maximum Gasteiger partial charge on any atom is 0.266 e. The van der Waals surface area contributed by atoms with Crippen LogP contribution < -0.4 is 10.5 Å². The van der Waals surface area contributed by atoms with Crippen molar-refractivity contribution in [3.8, 4) is 0 Å². The van der Waals surface area contributed by atoms with Gasteiger partial charge in [-0.2, -0.15) is 0 Å². The topological polar surface area (TPSA) is 85.1 Å². The monoisotopic (exact) mass is 335 g/mol. The van der Waals surface area contributed by atoms with Gasteiger partial charge in [-0.1, -0.05) is 11.6 Å². The molecule has 0 unspecified atom stereocenters. The van der Waals surface area contributed by atoms with Crippen LogP contribution in [0.25, 0.3) is 0 Å². The van der Waals surface area contributed by atoms with Gasteiger partial charge in [-0.3, -0.25) is 4.72 Å². The van der Waals surface area contributed by atoms with E-state index in [1.54, 1.807) is 6.92 Å². The molecule has 1 aromatic carbocycles. The van der Waals surface area contributed by atoms with Gasteiger partial charge in [0.15, 0.2) is 10.9 Å². The van der Waals surface area contributed by atoms with Gasteiger partial charge in [-0.05, 0) is 26.0 Å². The number of nitrogens with two attached hydrogens (primary N) is 1. The molecule has 0 aliphatic rings. The van der Waals surface area contributed by atoms with Crippen molar-refractivity contribution in [3.63, 3.8) is 0 Å². The van der Waals surface area contributed by atoms with Crippen LogP contribution in [0.4, 0.5) is 15.2 Å². The van der Waals surface area contributed by atoms with Gasteiger partial charge in [0.1, 0.15) is 4.90 Å². The van der Waals surface area contributed by atoms with E-state index >= 15 is 0 Å². The Balaban J connectivity index is 2.45. The average molecular weight is 336 g/mol. The third kappa shape index (κ3) is 2.87. The molecule has 0 spiro atoms. The van der Waals surface area contributed by atoms with Gasteiger partial charge >= 0.3 is 0 Å². The molecule has 5 nitrogen and oxygen atoms in total. The van der Waals surface area contributed by atoms with Crippen molar-refractivity contribution in [1.82, 2.24) is 4.98 Å². The molecule has 3 N–H and O–H groups in total. The van der Waals surface area contributed by atoms with Crippen LogP contribution in [-0.4, -0.2) is 13.4 Å².